The zero-order chi connectivity index (χ0) is 22.0. The molecule has 7 nitrogen and oxygen atoms in total. The number of alkyl halides is 3. The number of rotatable bonds is 5. The molecular formula is C21H23F3N6O. The number of carbonyl (C=O) groups excluding carboxylic acids is 1. The third-order valence-corrected chi connectivity index (χ3v) is 5.45. The molecule has 1 aromatic carbocycles. The topological polar surface area (TPSA) is 77.6 Å². The van der Waals surface area contributed by atoms with Crippen molar-refractivity contribution < 1.29 is 18.0 Å². The molecule has 4 rings (SSSR count). The highest BCUT2D eigenvalue weighted by Gasteiger charge is 2.39. The number of hydrogen-bond acceptors (Lipinski definition) is 4. The molecule has 0 fully saturated rings. The van der Waals surface area contributed by atoms with Gasteiger partial charge in [-0.25, -0.2) is 9.67 Å². The van der Waals surface area contributed by atoms with Gasteiger partial charge < -0.3 is 0 Å². The number of benzene rings is 1. The minimum atomic E-state index is -4.54. The lowest BCUT2D eigenvalue weighted by Gasteiger charge is -2.07. The van der Waals surface area contributed by atoms with Crippen LogP contribution in [0.15, 0.2) is 30.6 Å². The molecule has 0 aliphatic heterocycles. The van der Waals surface area contributed by atoms with Crippen molar-refractivity contribution in [1.82, 2.24) is 24.5 Å². The van der Waals surface area contributed by atoms with Crippen molar-refractivity contribution in [3.8, 4) is 0 Å². The molecule has 1 aliphatic rings. The molecule has 0 atom stereocenters. The number of aryl methyl sites for hydroxylation is 1. The first-order valence-corrected chi connectivity index (χ1v) is 10.2. The third-order valence-electron chi connectivity index (χ3n) is 5.45. The summed E-state index contributed by atoms with van der Waals surface area (Å²) in [5.74, 6) is -0.412. The second-order valence-electron chi connectivity index (χ2n) is 7.73. The highest BCUT2D eigenvalue weighted by molar-refractivity contribution is 5.88. The summed E-state index contributed by atoms with van der Waals surface area (Å²) in [5, 5.41) is 10.5. The molecule has 0 saturated carbocycles. The number of halogens is 3. The Labute approximate surface area is 177 Å². The number of carbonyl (C=O) groups is 1. The molecular weight excluding hydrogens is 409 g/mol. The summed E-state index contributed by atoms with van der Waals surface area (Å²) in [6.07, 6.45) is 0.112. The van der Waals surface area contributed by atoms with Gasteiger partial charge in [0.05, 0.1) is 6.54 Å². The molecule has 3 aromatic rings. The van der Waals surface area contributed by atoms with Crippen LogP contribution in [-0.4, -0.2) is 30.5 Å². The average Bonchev–Trinajstić information content (AvgIpc) is 3.19. The molecule has 2 aromatic heterocycles. The van der Waals surface area contributed by atoms with Crippen LogP contribution in [0, 0.1) is 6.92 Å². The van der Waals surface area contributed by atoms with Crippen LogP contribution in [0.4, 0.5) is 19.1 Å². The maximum Gasteiger partial charge on any atom is 0.435 e. The predicted molar refractivity (Wildman–Crippen MR) is 107 cm³/mol. The fraction of sp³-hybridized carbons (Fsp3) is 0.429. The quantitative estimate of drug-likeness (QED) is 0.623. The molecule has 0 spiro atoms. The summed E-state index contributed by atoms with van der Waals surface area (Å²) in [4.78, 5) is 16.6. The van der Waals surface area contributed by atoms with Gasteiger partial charge in [0, 0.05) is 11.3 Å². The number of fused-ring (bicyclic) bond motifs is 1. The van der Waals surface area contributed by atoms with E-state index >= 15 is 0 Å². The summed E-state index contributed by atoms with van der Waals surface area (Å²) < 4.78 is 43.0. The first-order valence-electron chi connectivity index (χ1n) is 10.2. The summed E-state index contributed by atoms with van der Waals surface area (Å²) in [6, 6.07) is 7.87. The normalized spacial score (nSPS) is 14.2. The zero-order valence-corrected chi connectivity index (χ0v) is 17.1. The Bertz CT molecular complexity index is 1090. The van der Waals surface area contributed by atoms with E-state index in [-0.39, 0.29) is 18.1 Å². The van der Waals surface area contributed by atoms with E-state index in [2.05, 4.69) is 20.5 Å². The standard InChI is InChI=1S/C21H23F3N6O/c1-14-7-5-6-8-15(14)11-29-13-25-20(28-29)26-18(31)12-30-17-10-4-2-3-9-16(17)19(27-30)21(22,23)24/h5-8,13H,2-4,9-12H2,1H3,(H,26,28,31). The largest absolute Gasteiger partial charge is 0.435 e. The molecule has 164 valence electrons. The molecule has 2 heterocycles. The molecule has 0 bridgehead atoms. The lowest BCUT2D eigenvalue weighted by Crippen LogP contribution is -2.22. The molecule has 0 radical (unpaired) electrons. The Morgan fingerprint density at radius 2 is 1.90 bits per heavy atom. The van der Waals surface area contributed by atoms with Gasteiger partial charge in [0.25, 0.3) is 0 Å². The van der Waals surface area contributed by atoms with Crippen molar-refractivity contribution >= 4 is 11.9 Å². The number of amides is 1. The first kappa shape index (κ1) is 21.1. The monoisotopic (exact) mass is 432 g/mol. The number of hydrogen-bond donors (Lipinski definition) is 1. The van der Waals surface area contributed by atoms with Crippen LogP contribution in [0.3, 0.4) is 0 Å². The fourth-order valence-corrected chi connectivity index (χ4v) is 3.90. The Balaban J connectivity index is 1.47. The van der Waals surface area contributed by atoms with Crippen LogP contribution in [0.1, 0.15) is 47.3 Å². The lowest BCUT2D eigenvalue weighted by molar-refractivity contribution is -0.142. The second kappa shape index (κ2) is 8.52. The van der Waals surface area contributed by atoms with Crippen molar-refractivity contribution in [2.45, 2.75) is 58.3 Å². The summed E-state index contributed by atoms with van der Waals surface area (Å²) in [7, 11) is 0. The summed E-state index contributed by atoms with van der Waals surface area (Å²) >= 11 is 0. The van der Waals surface area contributed by atoms with E-state index in [4.69, 9.17) is 0 Å². The summed E-state index contributed by atoms with van der Waals surface area (Å²) in [5.41, 5.74) is 2.03. The van der Waals surface area contributed by atoms with Gasteiger partial charge in [-0.3, -0.25) is 14.8 Å². The van der Waals surface area contributed by atoms with E-state index in [1.807, 2.05) is 31.2 Å². The molecule has 1 N–H and O–H groups in total. The van der Waals surface area contributed by atoms with Crippen LogP contribution in [-0.2, 0) is 36.9 Å². The number of nitrogens with one attached hydrogen (secondary N) is 1. The van der Waals surface area contributed by atoms with Crippen molar-refractivity contribution in [3.63, 3.8) is 0 Å². The number of anilines is 1. The maximum absolute atomic E-state index is 13.4. The minimum Gasteiger partial charge on any atom is -0.292 e. The van der Waals surface area contributed by atoms with Crippen molar-refractivity contribution in [2.24, 2.45) is 0 Å². The smallest absolute Gasteiger partial charge is 0.292 e. The van der Waals surface area contributed by atoms with E-state index < -0.39 is 17.8 Å². The van der Waals surface area contributed by atoms with Crippen LogP contribution < -0.4 is 5.32 Å². The molecule has 0 saturated heterocycles. The van der Waals surface area contributed by atoms with Crippen LogP contribution in [0.2, 0.25) is 0 Å². The fourth-order valence-electron chi connectivity index (χ4n) is 3.90. The van der Waals surface area contributed by atoms with Crippen LogP contribution in [0.5, 0.6) is 0 Å². The maximum atomic E-state index is 13.4. The Morgan fingerprint density at radius 1 is 1.13 bits per heavy atom. The van der Waals surface area contributed by atoms with E-state index in [1.54, 1.807) is 4.68 Å². The molecule has 1 amide bonds. The van der Waals surface area contributed by atoms with Gasteiger partial charge in [-0.15, -0.1) is 5.10 Å². The highest BCUT2D eigenvalue weighted by atomic mass is 19.4. The van der Waals surface area contributed by atoms with Crippen molar-refractivity contribution in [2.75, 3.05) is 5.32 Å². The van der Waals surface area contributed by atoms with Crippen molar-refractivity contribution in [3.05, 3.63) is 58.7 Å². The van der Waals surface area contributed by atoms with Gasteiger partial charge in [0.2, 0.25) is 11.9 Å². The number of aromatic nitrogens is 5. The molecule has 1 aliphatic carbocycles. The minimum absolute atomic E-state index is 0.105. The SMILES string of the molecule is Cc1ccccc1Cn1cnc(NC(=O)Cn2nc(C(F)(F)F)c3c2CCCCC3)n1. The van der Waals surface area contributed by atoms with Gasteiger partial charge in [-0.2, -0.15) is 18.3 Å². The Kier molecular flexibility index (Phi) is 5.79. The number of nitrogens with zero attached hydrogens (tertiary/aromatic N) is 5. The molecule has 31 heavy (non-hydrogen) atoms. The van der Waals surface area contributed by atoms with Gasteiger partial charge >= 0.3 is 6.18 Å². The predicted octanol–water partition coefficient (Wildman–Crippen LogP) is 3.76. The van der Waals surface area contributed by atoms with Crippen molar-refractivity contribution in [1.29, 1.82) is 0 Å². The van der Waals surface area contributed by atoms with E-state index in [0.717, 1.165) is 24.0 Å². The van der Waals surface area contributed by atoms with E-state index in [9.17, 15) is 18.0 Å². The highest BCUT2D eigenvalue weighted by Crippen LogP contribution is 2.35. The zero-order valence-electron chi connectivity index (χ0n) is 17.1. The van der Waals surface area contributed by atoms with Gasteiger partial charge in [-0.1, -0.05) is 30.7 Å². The molecule has 10 heteroatoms. The Morgan fingerprint density at radius 3 is 2.68 bits per heavy atom. The van der Waals surface area contributed by atoms with E-state index in [0.29, 0.717) is 31.5 Å². The summed E-state index contributed by atoms with van der Waals surface area (Å²) in [6.45, 7) is 2.18. The van der Waals surface area contributed by atoms with Gasteiger partial charge in [0.15, 0.2) is 5.69 Å². The van der Waals surface area contributed by atoms with Gasteiger partial charge in [0.1, 0.15) is 12.9 Å². The van der Waals surface area contributed by atoms with Crippen LogP contribution in [0.25, 0.3) is 0 Å². The van der Waals surface area contributed by atoms with E-state index in [1.165, 1.54) is 11.0 Å². The van der Waals surface area contributed by atoms with Gasteiger partial charge in [-0.05, 0) is 43.7 Å². The van der Waals surface area contributed by atoms with Crippen LogP contribution >= 0.6 is 0 Å². The first-order chi connectivity index (χ1) is 14.8. The average molecular weight is 432 g/mol. The third kappa shape index (κ3) is 4.78. The molecule has 0 unspecified atom stereocenters. The second-order valence-corrected chi connectivity index (χ2v) is 7.73. The lowest BCUT2D eigenvalue weighted by atomic mass is 10.1. The Hall–Kier alpha value is -3.17.